The molecule has 1 saturated carbocycles. The van der Waals surface area contributed by atoms with Gasteiger partial charge in [-0.2, -0.15) is 13.2 Å². The molecule has 0 aliphatic heterocycles. The summed E-state index contributed by atoms with van der Waals surface area (Å²) in [5.41, 5.74) is -0.0176. The SMILES string of the molecule is CC(C)(C)OC(=O)N(Cc1cccn2ccnc12)C1CC(Oc2ccc(Cl)c(C(F)(F)F)c2)C1. The fraction of sp³-hybridized carbons (Fsp3) is 0.417. The molecule has 1 aliphatic carbocycles. The van der Waals surface area contributed by atoms with Gasteiger partial charge in [0.15, 0.2) is 0 Å². The van der Waals surface area contributed by atoms with Gasteiger partial charge in [-0.25, -0.2) is 9.78 Å². The number of benzene rings is 1. The van der Waals surface area contributed by atoms with Crippen LogP contribution in [-0.2, 0) is 17.5 Å². The molecule has 0 bridgehead atoms. The fourth-order valence-electron chi connectivity index (χ4n) is 3.85. The number of rotatable bonds is 5. The Morgan fingerprint density at radius 2 is 1.94 bits per heavy atom. The molecule has 2 aromatic heterocycles. The minimum absolute atomic E-state index is 0.0890. The quantitative estimate of drug-likeness (QED) is 0.413. The van der Waals surface area contributed by atoms with Crippen LogP contribution in [0.4, 0.5) is 18.0 Å². The monoisotopic (exact) mass is 495 g/mol. The maximum Gasteiger partial charge on any atom is 0.417 e. The lowest BCUT2D eigenvalue weighted by atomic mass is 9.87. The van der Waals surface area contributed by atoms with Crippen molar-refractivity contribution in [2.75, 3.05) is 0 Å². The molecule has 0 spiro atoms. The molecule has 1 fully saturated rings. The highest BCUT2D eigenvalue weighted by molar-refractivity contribution is 6.31. The number of imidazole rings is 1. The van der Waals surface area contributed by atoms with E-state index in [9.17, 15) is 18.0 Å². The molecular weight excluding hydrogens is 471 g/mol. The molecule has 0 radical (unpaired) electrons. The van der Waals surface area contributed by atoms with Crippen LogP contribution in [0.15, 0.2) is 48.9 Å². The summed E-state index contributed by atoms with van der Waals surface area (Å²) in [5, 5.41) is -0.379. The number of hydrogen-bond donors (Lipinski definition) is 0. The van der Waals surface area contributed by atoms with E-state index in [1.54, 1.807) is 31.9 Å². The van der Waals surface area contributed by atoms with E-state index in [1.165, 1.54) is 12.1 Å². The van der Waals surface area contributed by atoms with Gasteiger partial charge in [-0.1, -0.05) is 17.7 Å². The fourth-order valence-corrected chi connectivity index (χ4v) is 4.08. The molecule has 1 amide bonds. The van der Waals surface area contributed by atoms with Gasteiger partial charge in [-0.05, 0) is 45.0 Å². The van der Waals surface area contributed by atoms with E-state index in [2.05, 4.69) is 4.98 Å². The lowest BCUT2D eigenvalue weighted by Crippen LogP contribution is -2.52. The van der Waals surface area contributed by atoms with Crippen LogP contribution >= 0.6 is 11.6 Å². The first-order valence-corrected chi connectivity index (χ1v) is 11.2. The number of halogens is 4. The second-order valence-corrected chi connectivity index (χ2v) is 9.71. The van der Waals surface area contributed by atoms with Gasteiger partial charge in [-0.3, -0.25) is 0 Å². The van der Waals surface area contributed by atoms with Crippen molar-refractivity contribution in [2.45, 2.75) is 64.1 Å². The van der Waals surface area contributed by atoms with E-state index >= 15 is 0 Å². The van der Waals surface area contributed by atoms with Crippen molar-refractivity contribution in [1.82, 2.24) is 14.3 Å². The number of nitrogens with zero attached hydrogens (tertiary/aromatic N) is 3. The molecule has 4 rings (SSSR count). The van der Waals surface area contributed by atoms with Crippen molar-refractivity contribution in [2.24, 2.45) is 0 Å². The van der Waals surface area contributed by atoms with Crippen molar-refractivity contribution in [1.29, 1.82) is 0 Å². The Kier molecular flexibility index (Phi) is 6.42. The van der Waals surface area contributed by atoms with E-state index in [-0.39, 0.29) is 29.5 Å². The third kappa shape index (κ3) is 5.41. The lowest BCUT2D eigenvalue weighted by molar-refractivity contribution is -0.137. The highest BCUT2D eigenvalue weighted by Gasteiger charge is 2.40. The lowest BCUT2D eigenvalue weighted by Gasteiger charge is -2.42. The minimum Gasteiger partial charge on any atom is -0.490 e. The number of pyridine rings is 1. The smallest absolute Gasteiger partial charge is 0.417 e. The van der Waals surface area contributed by atoms with Crippen molar-refractivity contribution in [3.05, 3.63) is 65.1 Å². The van der Waals surface area contributed by atoms with Crippen LogP contribution in [0.5, 0.6) is 5.75 Å². The summed E-state index contributed by atoms with van der Waals surface area (Å²) >= 11 is 5.69. The Balaban J connectivity index is 1.48. The molecule has 0 saturated heterocycles. The first-order chi connectivity index (χ1) is 15.9. The van der Waals surface area contributed by atoms with Gasteiger partial charge >= 0.3 is 12.3 Å². The molecule has 2 heterocycles. The summed E-state index contributed by atoms with van der Waals surface area (Å²) in [4.78, 5) is 19.0. The topological polar surface area (TPSA) is 56.1 Å². The van der Waals surface area contributed by atoms with E-state index in [1.807, 2.05) is 28.9 Å². The summed E-state index contributed by atoms with van der Waals surface area (Å²) in [5.74, 6) is 0.0890. The summed E-state index contributed by atoms with van der Waals surface area (Å²) in [6.07, 6.45) is 0.936. The number of aromatic nitrogens is 2. The van der Waals surface area contributed by atoms with Gasteiger partial charge in [-0.15, -0.1) is 0 Å². The Morgan fingerprint density at radius 1 is 1.21 bits per heavy atom. The summed E-state index contributed by atoms with van der Waals surface area (Å²) < 4.78 is 52.7. The molecule has 10 heteroatoms. The predicted molar refractivity (Wildman–Crippen MR) is 121 cm³/mol. The Bertz CT molecular complexity index is 1180. The first kappa shape index (κ1) is 24.2. The maximum absolute atomic E-state index is 13.1. The zero-order valence-corrected chi connectivity index (χ0v) is 19.7. The van der Waals surface area contributed by atoms with Gasteiger partial charge in [0.05, 0.1) is 17.1 Å². The first-order valence-electron chi connectivity index (χ1n) is 10.8. The highest BCUT2D eigenvalue weighted by Crippen LogP contribution is 2.38. The van der Waals surface area contributed by atoms with Crippen LogP contribution in [0.1, 0.15) is 44.7 Å². The third-order valence-electron chi connectivity index (χ3n) is 5.53. The Labute approximate surface area is 200 Å². The summed E-state index contributed by atoms with van der Waals surface area (Å²) in [6, 6.07) is 7.08. The zero-order valence-electron chi connectivity index (χ0n) is 19.0. The standard InChI is InChI=1S/C24H25ClF3N3O3/c1-23(2,3)34-22(32)31(14-15-5-4-9-30-10-8-29-21(15)30)16-11-18(12-16)33-17-6-7-20(25)19(13-17)24(26,27)28/h4-10,13,16,18H,11-12,14H2,1-3H3. The third-order valence-corrected chi connectivity index (χ3v) is 5.85. The number of fused-ring (bicyclic) bond motifs is 1. The van der Waals surface area contributed by atoms with E-state index in [4.69, 9.17) is 21.1 Å². The van der Waals surface area contributed by atoms with Gasteiger partial charge in [0.1, 0.15) is 23.1 Å². The van der Waals surface area contributed by atoms with Crippen LogP contribution in [0, 0.1) is 0 Å². The highest BCUT2D eigenvalue weighted by atomic mass is 35.5. The number of carbonyl (C=O) groups is 1. The molecular formula is C24H25ClF3N3O3. The molecule has 1 aromatic carbocycles. The Hall–Kier alpha value is -2.94. The van der Waals surface area contributed by atoms with Crippen LogP contribution < -0.4 is 4.74 Å². The van der Waals surface area contributed by atoms with E-state index < -0.39 is 23.4 Å². The largest absolute Gasteiger partial charge is 0.490 e. The molecule has 3 aromatic rings. The molecule has 0 N–H and O–H groups in total. The van der Waals surface area contributed by atoms with Crippen LogP contribution in [0.3, 0.4) is 0 Å². The van der Waals surface area contributed by atoms with E-state index in [0.29, 0.717) is 12.8 Å². The van der Waals surface area contributed by atoms with Gasteiger partial charge in [0, 0.05) is 43.0 Å². The van der Waals surface area contributed by atoms with Gasteiger partial charge in [0.25, 0.3) is 0 Å². The average Bonchev–Trinajstić information content (AvgIpc) is 3.17. The molecule has 0 unspecified atom stereocenters. The van der Waals surface area contributed by atoms with Crippen LogP contribution in [0.25, 0.3) is 5.65 Å². The average molecular weight is 496 g/mol. The summed E-state index contributed by atoms with van der Waals surface area (Å²) in [7, 11) is 0. The normalized spacial score (nSPS) is 18.4. The maximum atomic E-state index is 13.1. The van der Waals surface area contributed by atoms with Crippen LogP contribution in [-0.4, -0.2) is 38.1 Å². The van der Waals surface area contributed by atoms with Gasteiger partial charge in [0.2, 0.25) is 0 Å². The number of ether oxygens (including phenoxy) is 2. The van der Waals surface area contributed by atoms with Crippen LogP contribution in [0.2, 0.25) is 5.02 Å². The second kappa shape index (κ2) is 9.02. The number of alkyl halides is 3. The van der Waals surface area contributed by atoms with Crippen molar-refractivity contribution in [3.8, 4) is 5.75 Å². The molecule has 6 nitrogen and oxygen atoms in total. The number of carbonyl (C=O) groups excluding carboxylic acids is 1. The minimum atomic E-state index is -4.57. The number of amides is 1. The molecule has 182 valence electrons. The predicted octanol–water partition coefficient (Wildman–Crippen LogP) is 6.35. The zero-order chi connectivity index (χ0) is 24.7. The van der Waals surface area contributed by atoms with Crippen molar-refractivity contribution >= 4 is 23.3 Å². The number of hydrogen-bond acceptors (Lipinski definition) is 4. The molecule has 1 aliphatic rings. The van der Waals surface area contributed by atoms with Crippen molar-refractivity contribution < 1.29 is 27.4 Å². The molecule has 34 heavy (non-hydrogen) atoms. The molecule has 0 atom stereocenters. The summed E-state index contributed by atoms with van der Waals surface area (Å²) in [6.45, 7) is 5.67. The van der Waals surface area contributed by atoms with Crippen molar-refractivity contribution in [3.63, 3.8) is 0 Å². The van der Waals surface area contributed by atoms with E-state index in [0.717, 1.165) is 17.3 Å². The van der Waals surface area contributed by atoms with Gasteiger partial charge < -0.3 is 18.8 Å². The Morgan fingerprint density at radius 3 is 2.62 bits per heavy atom. The second-order valence-electron chi connectivity index (χ2n) is 9.30.